The topological polar surface area (TPSA) is 111 Å². The first kappa shape index (κ1) is 25.1. The number of carboxylic acid groups (broad SMARTS) is 1. The maximum absolute atomic E-state index is 13.6. The predicted octanol–water partition coefficient (Wildman–Crippen LogP) is 2.95. The summed E-state index contributed by atoms with van der Waals surface area (Å²) in [5.74, 6) is -5.50. The number of halogens is 3. The van der Waals surface area contributed by atoms with Gasteiger partial charge in [-0.1, -0.05) is 0 Å². The van der Waals surface area contributed by atoms with Gasteiger partial charge < -0.3 is 20.2 Å². The van der Waals surface area contributed by atoms with Gasteiger partial charge in [0.15, 0.2) is 17.5 Å². The van der Waals surface area contributed by atoms with Crippen LogP contribution in [0.5, 0.6) is 0 Å². The number of hydrogen-bond donors (Lipinski definition) is 2. The Morgan fingerprint density at radius 1 is 1.14 bits per heavy atom. The fraction of sp³-hybridized carbons (Fsp3) is 0.500. The Morgan fingerprint density at radius 3 is 2.51 bits per heavy atom. The second-order valence-corrected chi connectivity index (χ2v) is 9.81. The van der Waals surface area contributed by atoms with Crippen LogP contribution in [0.4, 0.5) is 29.3 Å². The molecule has 2 N–H and O–H groups in total. The fourth-order valence-electron chi connectivity index (χ4n) is 5.59. The van der Waals surface area contributed by atoms with Crippen LogP contribution < -0.4 is 10.2 Å². The van der Waals surface area contributed by atoms with Crippen molar-refractivity contribution in [2.45, 2.75) is 63.8 Å². The second kappa shape index (κ2) is 9.36. The fourth-order valence-corrected chi connectivity index (χ4v) is 5.59. The summed E-state index contributed by atoms with van der Waals surface area (Å²) in [7, 11) is 0. The average molecular weight is 521 g/mol. The highest BCUT2D eigenvalue weighted by molar-refractivity contribution is 5.97. The van der Waals surface area contributed by atoms with E-state index >= 15 is 0 Å². The van der Waals surface area contributed by atoms with Crippen molar-refractivity contribution < 1.29 is 32.7 Å². The molecule has 10 nitrogen and oxygen atoms in total. The summed E-state index contributed by atoms with van der Waals surface area (Å²) >= 11 is 0. The Bertz CT molecular complexity index is 1250. The van der Waals surface area contributed by atoms with E-state index < -0.39 is 35.5 Å². The van der Waals surface area contributed by atoms with Crippen molar-refractivity contribution in [3.63, 3.8) is 0 Å². The highest BCUT2D eigenvalue weighted by Gasteiger charge is 2.43. The molecule has 0 radical (unpaired) electrons. The summed E-state index contributed by atoms with van der Waals surface area (Å²) in [4.78, 5) is 42.7. The molecular formula is C24H27F3N6O4. The van der Waals surface area contributed by atoms with Gasteiger partial charge in [0.2, 0.25) is 5.91 Å². The van der Waals surface area contributed by atoms with E-state index in [0.717, 1.165) is 6.42 Å². The summed E-state index contributed by atoms with van der Waals surface area (Å²) in [5, 5.41) is 16.4. The number of carboxylic acids is 1. The molecule has 1 aromatic carbocycles. The van der Waals surface area contributed by atoms with Crippen LogP contribution in [-0.4, -0.2) is 73.8 Å². The summed E-state index contributed by atoms with van der Waals surface area (Å²) in [6, 6.07) is -0.734. The normalized spacial score (nSPS) is 26.0. The second-order valence-electron chi connectivity index (χ2n) is 9.81. The molecule has 37 heavy (non-hydrogen) atoms. The molecule has 198 valence electrons. The van der Waals surface area contributed by atoms with E-state index in [0.29, 0.717) is 43.0 Å². The Morgan fingerprint density at radius 2 is 1.84 bits per heavy atom. The lowest BCUT2D eigenvalue weighted by molar-refractivity contribution is -0.143. The molecule has 13 heteroatoms. The van der Waals surface area contributed by atoms with Gasteiger partial charge in [-0.3, -0.25) is 19.2 Å². The van der Waals surface area contributed by atoms with E-state index in [1.807, 2.05) is 11.8 Å². The van der Waals surface area contributed by atoms with Gasteiger partial charge >= 0.3 is 12.0 Å². The molecule has 4 heterocycles. The highest BCUT2D eigenvalue weighted by Crippen LogP contribution is 2.36. The number of nitrogens with one attached hydrogen (secondary N) is 1. The molecule has 4 atom stereocenters. The first-order valence-corrected chi connectivity index (χ1v) is 12.1. The SMILES string of the molecule is C[C@H]1[C@H](C)n2ncc(N3CC(N4CCC[C@H]4C(=O)O)CC3=O)c2CN1C(=O)Nc1cc(F)c(F)c(F)c1. The number of rotatable bonds is 4. The van der Waals surface area contributed by atoms with Crippen molar-refractivity contribution in [3.8, 4) is 0 Å². The average Bonchev–Trinajstić information content (AvgIpc) is 3.57. The molecule has 1 unspecified atom stereocenters. The van der Waals surface area contributed by atoms with Crippen LogP contribution in [0.2, 0.25) is 0 Å². The van der Waals surface area contributed by atoms with Crippen LogP contribution in [0.3, 0.4) is 0 Å². The lowest BCUT2D eigenvalue weighted by Crippen LogP contribution is -2.49. The number of carbonyl (C=O) groups is 3. The zero-order valence-corrected chi connectivity index (χ0v) is 20.3. The number of hydrogen-bond acceptors (Lipinski definition) is 5. The van der Waals surface area contributed by atoms with Gasteiger partial charge in [-0.25, -0.2) is 18.0 Å². The Balaban J connectivity index is 1.37. The number of urea groups is 1. The van der Waals surface area contributed by atoms with Crippen LogP contribution >= 0.6 is 0 Å². The smallest absolute Gasteiger partial charge is 0.322 e. The molecule has 0 spiro atoms. The van der Waals surface area contributed by atoms with E-state index in [9.17, 15) is 32.7 Å². The van der Waals surface area contributed by atoms with Crippen molar-refractivity contribution in [1.29, 1.82) is 0 Å². The van der Waals surface area contributed by atoms with E-state index in [2.05, 4.69) is 10.4 Å². The van der Waals surface area contributed by atoms with Gasteiger partial charge in [0.25, 0.3) is 0 Å². The minimum atomic E-state index is -1.62. The molecule has 1 aromatic heterocycles. The zero-order valence-electron chi connectivity index (χ0n) is 20.3. The molecule has 3 aliphatic heterocycles. The summed E-state index contributed by atoms with van der Waals surface area (Å²) in [6.45, 7) is 4.65. The predicted molar refractivity (Wildman–Crippen MR) is 125 cm³/mol. The van der Waals surface area contributed by atoms with Crippen molar-refractivity contribution in [2.75, 3.05) is 23.3 Å². The number of fused-ring (bicyclic) bond motifs is 1. The van der Waals surface area contributed by atoms with E-state index in [-0.39, 0.29) is 42.7 Å². The Hall–Kier alpha value is -3.61. The lowest BCUT2D eigenvalue weighted by atomic mass is 10.1. The molecule has 3 amide bonds. The summed E-state index contributed by atoms with van der Waals surface area (Å²) in [6.07, 6.45) is 3.06. The molecule has 5 rings (SSSR count). The first-order valence-electron chi connectivity index (χ1n) is 12.1. The standard InChI is InChI=1S/C24H27F3N6O4/c1-12-13(2)33-20(11-31(12)24(37)29-14-6-16(25)22(27)17(26)7-14)19(9-28-33)32-10-15(8-21(32)34)30-5-3-4-18(30)23(35)36/h6-7,9,12-13,15,18H,3-5,8,10-11H2,1-2H3,(H,29,37)(H,35,36)/t12-,13-,15?,18-/m0/s1. The van der Waals surface area contributed by atoms with Gasteiger partial charge in [0.05, 0.1) is 36.2 Å². The molecule has 2 fully saturated rings. The number of amides is 3. The third kappa shape index (κ3) is 4.30. The Kier molecular flexibility index (Phi) is 6.34. The van der Waals surface area contributed by atoms with Gasteiger partial charge in [-0.05, 0) is 33.2 Å². The van der Waals surface area contributed by atoms with Crippen molar-refractivity contribution in [1.82, 2.24) is 19.6 Å². The molecule has 2 saturated heterocycles. The van der Waals surface area contributed by atoms with Gasteiger partial charge in [0.1, 0.15) is 6.04 Å². The summed E-state index contributed by atoms with van der Waals surface area (Å²) in [5.41, 5.74) is 0.924. The monoisotopic (exact) mass is 520 g/mol. The van der Waals surface area contributed by atoms with Gasteiger partial charge in [-0.2, -0.15) is 5.10 Å². The maximum atomic E-state index is 13.6. The number of likely N-dealkylation sites (tertiary alicyclic amines) is 1. The molecule has 0 saturated carbocycles. The third-order valence-corrected chi connectivity index (χ3v) is 7.71. The minimum Gasteiger partial charge on any atom is -0.480 e. The van der Waals surface area contributed by atoms with Gasteiger partial charge in [-0.15, -0.1) is 0 Å². The van der Waals surface area contributed by atoms with Crippen molar-refractivity contribution in [2.24, 2.45) is 0 Å². The quantitative estimate of drug-likeness (QED) is 0.600. The Labute approximate surface area is 210 Å². The number of aromatic nitrogens is 2. The lowest BCUT2D eigenvalue weighted by Gasteiger charge is -2.39. The minimum absolute atomic E-state index is 0.0642. The molecule has 2 aromatic rings. The summed E-state index contributed by atoms with van der Waals surface area (Å²) < 4.78 is 42.3. The largest absolute Gasteiger partial charge is 0.480 e. The first-order chi connectivity index (χ1) is 17.6. The molecular weight excluding hydrogens is 493 g/mol. The number of anilines is 2. The highest BCUT2D eigenvalue weighted by atomic mass is 19.2. The van der Waals surface area contributed by atoms with Gasteiger partial charge in [0, 0.05) is 36.8 Å². The molecule has 0 aliphatic carbocycles. The number of aliphatic carboxylic acids is 1. The number of carbonyl (C=O) groups excluding carboxylic acids is 2. The zero-order chi connectivity index (χ0) is 26.6. The number of nitrogens with zero attached hydrogens (tertiary/aromatic N) is 5. The molecule has 0 bridgehead atoms. The van der Waals surface area contributed by atoms with Crippen LogP contribution in [0.25, 0.3) is 0 Å². The van der Waals surface area contributed by atoms with Crippen molar-refractivity contribution >= 4 is 29.3 Å². The number of benzene rings is 1. The third-order valence-electron chi connectivity index (χ3n) is 7.71. The van der Waals surface area contributed by atoms with E-state index in [1.54, 1.807) is 22.7 Å². The van der Waals surface area contributed by atoms with Crippen LogP contribution in [-0.2, 0) is 16.1 Å². The van der Waals surface area contributed by atoms with Crippen LogP contribution in [0.1, 0.15) is 44.8 Å². The van der Waals surface area contributed by atoms with E-state index in [4.69, 9.17) is 0 Å². The van der Waals surface area contributed by atoms with Crippen LogP contribution in [0, 0.1) is 17.5 Å². The van der Waals surface area contributed by atoms with Crippen LogP contribution in [0.15, 0.2) is 18.3 Å². The molecule has 3 aliphatic rings. The van der Waals surface area contributed by atoms with E-state index in [1.165, 1.54) is 4.90 Å². The van der Waals surface area contributed by atoms with Crippen molar-refractivity contribution in [3.05, 3.63) is 41.5 Å². The maximum Gasteiger partial charge on any atom is 0.322 e.